The van der Waals surface area contributed by atoms with Gasteiger partial charge in [-0.1, -0.05) is 36.8 Å². The lowest BCUT2D eigenvalue weighted by Crippen LogP contribution is -2.38. The standard InChI is InChI=1S/C24H27N3O2/c1-18-16-21(28)22(24(29)27(18)17-19-8-4-2-5-9-19)23(20-10-12-25-13-11-20)26-14-6-3-7-15-26/h2,4-5,8-13,16,23,28H,3,6-7,14-15,17H2,1H3/t23-/m0/s1. The minimum Gasteiger partial charge on any atom is -0.507 e. The number of aryl methyl sites for hydroxylation is 1. The number of nitrogens with zero attached hydrogens (tertiary/aromatic N) is 3. The zero-order chi connectivity index (χ0) is 20.2. The van der Waals surface area contributed by atoms with Crippen LogP contribution in [-0.4, -0.2) is 32.6 Å². The molecule has 3 aromatic rings. The minimum absolute atomic E-state index is 0.0733. The first-order valence-corrected chi connectivity index (χ1v) is 10.3. The summed E-state index contributed by atoms with van der Waals surface area (Å²) >= 11 is 0. The van der Waals surface area contributed by atoms with Crippen molar-refractivity contribution in [1.82, 2.24) is 14.5 Å². The number of hydrogen-bond donors (Lipinski definition) is 1. The van der Waals surface area contributed by atoms with Crippen LogP contribution in [0.3, 0.4) is 0 Å². The van der Waals surface area contributed by atoms with E-state index in [1.165, 1.54) is 6.42 Å². The molecule has 0 radical (unpaired) electrons. The molecule has 1 N–H and O–H groups in total. The van der Waals surface area contributed by atoms with Crippen LogP contribution in [0.5, 0.6) is 5.75 Å². The quantitative estimate of drug-likeness (QED) is 0.719. The van der Waals surface area contributed by atoms with Crippen LogP contribution in [-0.2, 0) is 6.54 Å². The Morgan fingerprint density at radius 1 is 1.03 bits per heavy atom. The number of hydrogen-bond acceptors (Lipinski definition) is 4. The summed E-state index contributed by atoms with van der Waals surface area (Å²) in [6, 6.07) is 15.3. The Kier molecular flexibility index (Phi) is 5.76. The van der Waals surface area contributed by atoms with Gasteiger partial charge in [-0.15, -0.1) is 0 Å². The first kappa shape index (κ1) is 19.4. The molecule has 2 aromatic heterocycles. The molecule has 0 bridgehead atoms. The second-order valence-corrected chi connectivity index (χ2v) is 7.74. The Labute approximate surface area is 171 Å². The summed E-state index contributed by atoms with van der Waals surface area (Å²) < 4.78 is 1.77. The summed E-state index contributed by atoms with van der Waals surface area (Å²) in [6.07, 6.45) is 6.91. The highest BCUT2D eigenvalue weighted by molar-refractivity contribution is 5.41. The molecule has 0 aliphatic carbocycles. The Morgan fingerprint density at radius 3 is 2.41 bits per heavy atom. The first-order valence-electron chi connectivity index (χ1n) is 10.3. The van der Waals surface area contributed by atoms with E-state index in [9.17, 15) is 9.90 Å². The van der Waals surface area contributed by atoms with Gasteiger partial charge < -0.3 is 9.67 Å². The largest absolute Gasteiger partial charge is 0.507 e. The van der Waals surface area contributed by atoms with Crippen molar-refractivity contribution < 1.29 is 5.11 Å². The zero-order valence-electron chi connectivity index (χ0n) is 16.8. The molecule has 1 aromatic carbocycles. The summed E-state index contributed by atoms with van der Waals surface area (Å²) in [5.41, 5.74) is 3.14. The van der Waals surface area contributed by atoms with Gasteiger partial charge in [-0.3, -0.25) is 14.7 Å². The van der Waals surface area contributed by atoms with E-state index >= 15 is 0 Å². The van der Waals surface area contributed by atoms with Crippen molar-refractivity contribution in [2.45, 2.75) is 38.8 Å². The highest BCUT2D eigenvalue weighted by atomic mass is 16.3. The van der Waals surface area contributed by atoms with Crippen LogP contribution in [0.1, 0.15) is 47.7 Å². The predicted octanol–water partition coefficient (Wildman–Crippen LogP) is 3.88. The Morgan fingerprint density at radius 2 is 1.72 bits per heavy atom. The second kappa shape index (κ2) is 8.62. The second-order valence-electron chi connectivity index (χ2n) is 7.74. The lowest BCUT2D eigenvalue weighted by molar-refractivity contribution is 0.183. The number of benzene rings is 1. The average molecular weight is 389 g/mol. The Hall–Kier alpha value is -2.92. The number of piperidine rings is 1. The van der Waals surface area contributed by atoms with E-state index in [4.69, 9.17) is 0 Å². The third-order valence-corrected chi connectivity index (χ3v) is 5.76. The van der Waals surface area contributed by atoms with Gasteiger partial charge in [0.15, 0.2) is 0 Å². The lowest BCUT2D eigenvalue weighted by atomic mass is 9.95. The van der Waals surface area contributed by atoms with E-state index in [1.807, 2.05) is 49.4 Å². The van der Waals surface area contributed by atoms with Gasteiger partial charge in [0.05, 0.1) is 18.2 Å². The lowest BCUT2D eigenvalue weighted by Gasteiger charge is -2.35. The summed E-state index contributed by atoms with van der Waals surface area (Å²) in [4.78, 5) is 20.1. The van der Waals surface area contributed by atoms with Gasteiger partial charge in [0, 0.05) is 18.1 Å². The van der Waals surface area contributed by atoms with Gasteiger partial charge in [0.1, 0.15) is 5.75 Å². The molecule has 0 spiro atoms. The molecule has 4 rings (SSSR count). The van der Waals surface area contributed by atoms with E-state index < -0.39 is 0 Å². The monoisotopic (exact) mass is 389 g/mol. The number of aromatic hydroxyl groups is 1. The van der Waals surface area contributed by atoms with Gasteiger partial charge >= 0.3 is 0 Å². The molecule has 5 nitrogen and oxygen atoms in total. The fraction of sp³-hybridized carbons (Fsp3) is 0.333. The molecule has 1 saturated heterocycles. The number of rotatable bonds is 5. The number of aromatic nitrogens is 2. The van der Waals surface area contributed by atoms with E-state index in [-0.39, 0.29) is 17.4 Å². The molecule has 0 amide bonds. The van der Waals surface area contributed by atoms with Crippen molar-refractivity contribution in [3.05, 3.63) is 93.7 Å². The molecule has 0 saturated carbocycles. The van der Waals surface area contributed by atoms with Crippen molar-refractivity contribution in [2.75, 3.05) is 13.1 Å². The van der Waals surface area contributed by atoms with Crippen LogP contribution in [0.4, 0.5) is 0 Å². The van der Waals surface area contributed by atoms with Crippen molar-refractivity contribution in [2.24, 2.45) is 0 Å². The topological polar surface area (TPSA) is 58.4 Å². The molecule has 1 fully saturated rings. The number of pyridine rings is 2. The van der Waals surface area contributed by atoms with Crippen LogP contribution >= 0.6 is 0 Å². The third kappa shape index (κ3) is 4.10. The summed E-state index contributed by atoms with van der Waals surface area (Å²) in [5, 5.41) is 10.9. The van der Waals surface area contributed by atoms with E-state index in [0.29, 0.717) is 12.1 Å². The fourth-order valence-electron chi connectivity index (χ4n) is 4.27. The van der Waals surface area contributed by atoms with Gasteiger partial charge in [0.2, 0.25) is 0 Å². The highest BCUT2D eigenvalue weighted by Gasteiger charge is 2.30. The molecule has 1 aliphatic heterocycles. The van der Waals surface area contributed by atoms with Crippen LogP contribution in [0.25, 0.3) is 0 Å². The van der Waals surface area contributed by atoms with E-state index in [2.05, 4.69) is 9.88 Å². The average Bonchev–Trinajstić information content (AvgIpc) is 2.76. The SMILES string of the molecule is Cc1cc(O)c([C@H](c2ccncc2)N2CCCCC2)c(=O)n1Cc1ccccc1. The van der Waals surface area contributed by atoms with Gasteiger partial charge in [-0.05, 0) is 62.2 Å². The van der Waals surface area contributed by atoms with Crippen molar-refractivity contribution >= 4 is 0 Å². The maximum absolute atomic E-state index is 13.6. The van der Waals surface area contributed by atoms with Gasteiger partial charge in [0.25, 0.3) is 5.56 Å². The molecule has 1 aliphatic rings. The van der Waals surface area contributed by atoms with E-state index in [0.717, 1.165) is 42.8 Å². The number of likely N-dealkylation sites (tertiary alicyclic amines) is 1. The van der Waals surface area contributed by atoms with Gasteiger partial charge in [-0.25, -0.2) is 0 Å². The smallest absolute Gasteiger partial charge is 0.259 e. The molecule has 150 valence electrons. The zero-order valence-corrected chi connectivity index (χ0v) is 16.8. The molecule has 1 atom stereocenters. The molecule has 0 unspecified atom stereocenters. The van der Waals surface area contributed by atoms with Crippen LogP contribution < -0.4 is 5.56 Å². The van der Waals surface area contributed by atoms with E-state index in [1.54, 1.807) is 23.0 Å². The maximum atomic E-state index is 13.6. The summed E-state index contributed by atoms with van der Waals surface area (Å²) in [7, 11) is 0. The fourth-order valence-corrected chi connectivity index (χ4v) is 4.27. The molecule has 3 heterocycles. The van der Waals surface area contributed by atoms with Crippen LogP contribution in [0.2, 0.25) is 0 Å². The molecule has 29 heavy (non-hydrogen) atoms. The normalized spacial score (nSPS) is 15.9. The summed E-state index contributed by atoms with van der Waals surface area (Å²) in [5.74, 6) is 0.0733. The first-order chi connectivity index (χ1) is 14.1. The molecular formula is C24H27N3O2. The van der Waals surface area contributed by atoms with Crippen LogP contribution in [0.15, 0.2) is 65.7 Å². The van der Waals surface area contributed by atoms with Crippen LogP contribution in [0, 0.1) is 6.92 Å². The van der Waals surface area contributed by atoms with Gasteiger partial charge in [-0.2, -0.15) is 0 Å². The maximum Gasteiger partial charge on any atom is 0.259 e. The van der Waals surface area contributed by atoms with Crippen molar-refractivity contribution in [3.63, 3.8) is 0 Å². The highest BCUT2D eigenvalue weighted by Crippen LogP contribution is 2.34. The van der Waals surface area contributed by atoms with Crippen molar-refractivity contribution in [1.29, 1.82) is 0 Å². The molecular weight excluding hydrogens is 362 g/mol. The van der Waals surface area contributed by atoms with Crippen molar-refractivity contribution in [3.8, 4) is 5.75 Å². The Bertz CT molecular complexity index is 1010. The third-order valence-electron chi connectivity index (χ3n) is 5.76. The molecule has 5 heteroatoms. The minimum atomic E-state index is -0.270. The Balaban J connectivity index is 1.84. The predicted molar refractivity (Wildman–Crippen MR) is 114 cm³/mol. The summed E-state index contributed by atoms with van der Waals surface area (Å²) in [6.45, 7) is 4.19.